The normalized spacial score (nSPS) is 18.3. The van der Waals surface area contributed by atoms with E-state index in [1.165, 1.54) is 23.5 Å². The molecule has 1 aliphatic rings. The Balaban J connectivity index is 1.78. The fraction of sp³-hybridized carbons (Fsp3) is 0.375. The molecule has 1 amide bonds. The van der Waals surface area contributed by atoms with Gasteiger partial charge in [0.2, 0.25) is 10.0 Å². The van der Waals surface area contributed by atoms with E-state index >= 15 is 0 Å². The molecule has 10 heteroatoms. The summed E-state index contributed by atoms with van der Waals surface area (Å²) in [6.07, 6.45) is 0.989. The summed E-state index contributed by atoms with van der Waals surface area (Å²) in [5.74, 6) is -1.11. The number of thiophene rings is 1. The standard InChI is InChI=1S/C16H17ClN2O5S2/c1-2-15(20)24-19-7-3-4-12(16(19)21)18-26(22,23)11-5-6-13-10(8-11)9-14(17)25-13/h5-6,8-9,12,18H,2-4,7H2,1H3/t12-/m0/s1. The summed E-state index contributed by atoms with van der Waals surface area (Å²) < 4.78 is 29.2. The summed E-state index contributed by atoms with van der Waals surface area (Å²) in [4.78, 5) is 28.8. The number of halogens is 1. The number of nitrogens with zero attached hydrogens (tertiary/aromatic N) is 1. The van der Waals surface area contributed by atoms with Gasteiger partial charge in [-0.05, 0) is 42.5 Å². The molecule has 7 nitrogen and oxygen atoms in total. The molecule has 2 heterocycles. The third-order valence-corrected chi connectivity index (χ3v) is 6.68. The first-order valence-electron chi connectivity index (χ1n) is 8.04. The van der Waals surface area contributed by atoms with Gasteiger partial charge in [-0.3, -0.25) is 4.79 Å². The topological polar surface area (TPSA) is 92.8 Å². The highest BCUT2D eigenvalue weighted by molar-refractivity contribution is 7.89. The molecule has 1 fully saturated rings. The Hall–Kier alpha value is -1.68. The zero-order valence-corrected chi connectivity index (χ0v) is 16.3. The van der Waals surface area contributed by atoms with Gasteiger partial charge in [-0.2, -0.15) is 9.79 Å². The Bertz CT molecular complexity index is 957. The number of hydrogen-bond donors (Lipinski definition) is 1. The second kappa shape index (κ2) is 7.51. The molecule has 1 aromatic carbocycles. The van der Waals surface area contributed by atoms with E-state index in [1.54, 1.807) is 19.1 Å². The molecule has 1 N–H and O–H groups in total. The van der Waals surface area contributed by atoms with Crippen LogP contribution in [-0.4, -0.2) is 37.9 Å². The summed E-state index contributed by atoms with van der Waals surface area (Å²) in [6.45, 7) is 1.87. The molecule has 3 rings (SSSR count). The van der Waals surface area contributed by atoms with Crippen LogP contribution in [0.1, 0.15) is 26.2 Å². The largest absolute Gasteiger partial charge is 0.338 e. The Labute approximate surface area is 159 Å². The van der Waals surface area contributed by atoms with Crippen molar-refractivity contribution in [1.82, 2.24) is 9.79 Å². The Morgan fingerprint density at radius 3 is 2.92 bits per heavy atom. The first kappa shape index (κ1) is 19.1. The number of carbonyl (C=O) groups is 2. The van der Waals surface area contributed by atoms with E-state index in [0.717, 1.165) is 15.1 Å². The monoisotopic (exact) mass is 416 g/mol. The van der Waals surface area contributed by atoms with Gasteiger partial charge in [-0.25, -0.2) is 13.2 Å². The maximum Gasteiger partial charge on any atom is 0.332 e. The smallest absolute Gasteiger partial charge is 0.332 e. The third-order valence-electron chi connectivity index (χ3n) is 3.96. The van der Waals surface area contributed by atoms with Crippen molar-refractivity contribution in [1.29, 1.82) is 0 Å². The number of amides is 1. The molecule has 2 aromatic rings. The van der Waals surface area contributed by atoms with Gasteiger partial charge in [0.15, 0.2) is 0 Å². The van der Waals surface area contributed by atoms with E-state index < -0.39 is 27.9 Å². The van der Waals surface area contributed by atoms with Crippen molar-refractivity contribution in [2.75, 3.05) is 6.54 Å². The molecule has 1 aliphatic heterocycles. The number of carbonyl (C=O) groups excluding carboxylic acids is 2. The van der Waals surface area contributed by atoms with Crippen LogP contribution in [0, 0.1) is 0 Å². The lowest BCUT2D eigenvalue weighted by Gasteiger charge is -2.30. The minimum absolute atomic E-state index is 0.0509. The molecule has 0 aliphatic carbocycles. The predicted octanol–water partition coefficient (Wildman–Crippen LogP) is 2.69. The minimum atomic E-state index is -3.91. The summed E-state index contributed by atoms with van der Waals surface area (Å²) in [7, 11) is -3.91. The Morgan fingerprint density at radius 2 is 2.19 bits per heavy atom. The zero-order valence-electron chi connectivity index (χ0n) is 13.9. The van der Waals surface area contributed by atoms with Crippen molar-refractivity contribution in [3.05, 3.63) is 28.6 Å². The van der Waals surface area contributed by atoms with Crippen molar-refractivity contribution in [3.8, 4) is 0 Å². The lowest BCUT2D eigenvalue weighted by molar-refractivity contribution is -0.202. The van der Waals surface area contributed by atoms with Gasteiger partial charge in [0.1, 0.15) is 6.04 Å². The molecular formula is C16H17ClN2O5S2. The maximum atomic E-state index is 12.7. The SMILES string of the molecule is CCC(=O)ON1CCC[C@H](NS(=O)(=O)c2ccc3sc(Cl)cc3c2)C1=O. The Kier molecular flexibility index (Phi) is 5.52. The lowest BCUT2D eigenvalue weighted by Crippen LogP contribution is -2.52. The molecule has 26 heavy (non-hydrogen) atoms. The fourth-order valence-electron chi connectivity index (χ4n) is 2.65. The van der Waals surface area contributed by atoms with Crippen LogP contribution in [0.15, 0.2) is 29.2 Å². The van der Waals surface area contributed by atoms with E-state index in [-0.39, 0.29) is 17.9 Å². The number of fused-ring (bicyclic) bond motifs is 1. The Morgan fingerprint density at radius 1 is 1.42 bits per heavy atom. The van der Waals surface area contributed by atoms with Crippen LogP contribution in [0.2, 0.25) is 4.34 Å². The number of nitrogens with one attached hydrogen (secondary N) is 1. The van der Waals surface area contributed by atoms with Gasteiger partial charge in [0.05, 0.1) is 15.8 Å². The first-order chi connectivity index (χ1) is 12.3. The average molecular weight is 417 g/mol. The average Bonchev–Trinajstić information content (AvgIpc) is 2.97. The van der Waals surface area contributed by atoms with E-state index in [2.05, 4.69) is 4.72 Å². The minimum Gasteiger partial charge on any atom is -0.338 e. The number of hydrogen-bond acceptors (Lipinski definition) is 6. The van der Waals surface area contributed by atoms with Crippen LogP contribution >= 0.6 is 22.9 Å². The predicted molar refractivity (Wildman–Crippen MR) is 98.3 cm³/mol. The number of sulfonamides is 1. The van der Waals surface area contributed by atoms with Crippen molar-refractivity contribution in [2.24, 2.45) is 0 Å². The lowest BCUT2D eigenvalue weighted by atomic mass is 10.1. The van der Waals surface area contributed by atoms with Crippen LogP contribution in [0.25, 0.3) is 10.1 Å². The van der Waals surface area contributed by atoms with E-state index in [4.69, 9.17) is 16.4 Å². The molecule has 1 saturated heterocycles. The van der Waals surface area contributed by atoms with E-state index in [1.807, 2.05) is 0 Å². The third kappa shape index (κ3) is 4.01. The van der Waals surface area contributed by atoms with E-state index in [0.29, 0.717) is 17.2 Å². The summed E-state index contributed by atoms with van der Waals surface area (Å²) in [5.41, 5.74) is 0. The number of hydroxylamine groups is 2. The molecule has 0 saturated carbocycles. The maximum absolute atomic E-state index is 12.7. The van der Waals surface area contributed by atoms with Crippen molar-refractivity contribution >= 4 is 54.9 Å². The molecule has 0 bridgehead atoms. The van der Waals surface area contributed by atoms with Crippen molar-refractivity contribution < 1.29 is 22.8 Å². The molecule has 0 spiro atoms. The summed E-state index contributed by atoms with van der Waals surface area (Å²) in [5, 5.41) is 1.65. The van der Waals surface area contributed by atoms with Gasteiger partial charge in [-0.1, -0.05) is 18.5 Å². The van der Waals surface area contributed by atoms with Crippen LogP contribution in [0.4, 0.5) is 0 Å². The fourth-order valence-corrected chi connectivity index (χ4v) is 5.04. The number of rotatable bonds is 5. The molecule has 140 valence electrons. The molecule has 0 unspecified atom stereocenters. The number of piperidine rings is 1. The van der Waals surface area contributed by atoms with Crippen molar-refractivity contribution in [3.63, 3.8) is 0 Å². The van der Waals surface area contributed by atoms with Crippen LogP contribution < -0.4 is 4.72 Å². The zero-order chi connectivity index (χ0) is 18.9. The molecule has 1 aromatic heterocycles. The summed E-state index contributed by atoms with van der Waals surface area (Å²) in [6, 6.07) is 5.39. The van der Waals surface area contributed by atoms with E-state index in [9.17, 15) is 18.0 Å². The first-order valence-corrected chi connectivity index (χ1v) is 10.7. The summed E-state index contributed by atoms with van der Waals surface area (Å²) >= 11 is 7.31. The van der Waals surface area contributed by atoms with Gasteiger partial charge in [0.25, 0.3) is 5.91 Å². The number of benzene rings is 1. The van der Waals surface area contributed by atoms with Gasteiger partial charge in [0, 0.05) is 11.1 Å². The second-order valence-corrected chi connectivity index (χ2v) is 9.25. The van der Waals surface area contributed by atoms with Crippen molar-refractivity contribution in [2.45, 2.75) is 37.1 Å². The molecule has 1 atom stereocenters. The highest BCUT2D eigenvalue weighted by atomic mass is 35.5. The van der Waals surface area contributed by atoms with Gasteiger partial charge < -0.3 is 4.84 Å². The van der Waals surface area contributed by atoms with Crippen LogP contribution in [-0.2, 0) is 24.4 Å². The van der Waals surface area contributed by atoms with Gasteiger partial charge in [-0.15, -0.1) is 11.3 Å². The molecular weight excluding hydrogens is 400 g/mol. The highest BCUT2D eigenvalue weighted by Gasteiger charge is 2.34. The second-order valence-electron chi connectivity index (χ2n) is 5.82. The van der Waals surface area contributed by atoms with Crippen LogP contribution in [0.5, 0.6) is 0 Å². The highest BCUT2D eigenvalue weighted by Crippen LogP contribution is 2.31. The quantitative estimate of drug-likeness (QED) is 0.808. The molecule has 0 radical (unpaired) electrons. The van der Waals surface area contributed by atoms with Crippen LogP contribution in [0.3, 0.4) is 0 Å². The van der Waals surface area contributed by atoms with Gasteiger partial charge >= 0.3 is 5.97 Å².